The Morgan fingerprint density at radius 2 is 1.95 bits per heavy atom. The standard InChI is InChI=1S/C14H22N4O3/c1-10(17-14(20)16-8-3-9-21-2)11-4-6-12(7-5-11)18-13(15)19/h4-7,10H,3,8-9H2,1-2H3,(H3,15,18,19)(H2,16,17,20)/t10-/m1/s1. The molecule has 1 aromatic carbocycles. The highest BCUT2D eigenvalue weighted by atomic mass is 16.5. The van der Waals surface area contributed by atoms with Crippen LogP contribution in [-0.4, -0.2) is 32.3 Å². The molecule has 0 spiro atoms. The molecule has 4 amide bonds. The van der Waals surface area contributed by atoms with Crippen molar-refractivity contribution in [1.29, 1.82) is 0 Å². The zero-order valence-electron chi connectivity index (χ0n) is 12.3. The molecule has 0 aromatic heterocycles. The third-order valence-corrected chi connectivity index (χ3v) is 2.84. The fraction of sp³-hybridized carbons (Fsp3) is 0.429. The van der Waals surface area contributed by atoms with E-state index in [2.05, 4.69) is 16.0 Å². The number of nitrogens with two attached hydrogens (primary N) is 1. The van der Waals surface area contributed by atoms with Crippen molar-refractivity contribution in [3.8, 4) is 0 Å². The Morgan fingerprint density at radius 3 is 2.52 bits per heavy atom. The first-order valence-electron chi connectivity index (χ1n) is 6.72. The second kappa shape index (κ2) is 8.80. The number of nitrogens with one attached hydrogen (secondary N) is 3. The van der Waals surface area contributed by atoms with Crippen molar-refractivity contribution in [3.63, 3.8) is 0 Å². The number of rotatable bonds is 7. The predicted molar refractivity (Wildman–Crippen MR) is 81.1 cm³/mol. The van der Waals surface area contributed by atoms with Gasteiger partial charge in [-0.2, -0.15) is 0 Å². The molecule has 116 valence electrons. The molecule has 0 saturated carbocycles. The number of ether oxygens (including phenoxy) is 1. The van der Waals surface area contributed by atoms with E-state index in [-0.39, 0.29) is 12.1 Å². The molecule has 1 atom stereocenters. The van der Waals surface area contributed by atoms with Crippen LogP contribution in [0.2, 0.25) is 0 Å². The van der Waals surface area contributed by atoms with E-state index in [1.807, 2.05) is 19.1 Å². The minimum Gasteiger partial charge on any atom is -0.385 e. The van der Waals surface area contributed by atoms with E-state index in [0.717, 1.165) is 12.0 Å². The van der Waals surface area contributed by atoms with Gasteiger partial charge in [0.05, 0.1) is 6.04 Å². The van der Waals surface area contributed by atoms with E-state index in [1.165, 1.54) is 0 Å². The smallest absolute Gasteiger partial charge is 0.316 e. The number of carbonyl (C=O) groups excluding carboxylic acids is 2. The number of carbonyl (C=O) groups is 2. The van der Waals surface area contributed by atoms with Crippen molar-refractivity contribution in [1.82, 2.24) is 10.6 Å². The molecule has 0 heterocycles. The van der Waals surface area contributed by atoms with Gasteiger partial charge in [-0.1, -0.05) is 12.1 Å². The van der Waals surface area contributed by atoms with Crippen LogP contribution in [0.3, 0.4) is 0 Å². The Hall–Kier alpha value is -2.28. The number of hydrogen-bond donors (Lipinski definition) is 4. The summed E-state index contributed by atoms with van der Waals surface area (Å²) in [5.41, 5.74) is 6.57. The number of hydrogen-bond acceptors (Lipinski definition) is 3. The molecular formula is C14H22N4O3. The average Bonchev–Trinajstić information content (AvgIpc) is 2.43. The number of amides is 4. The molecule has 0 saturated heterocycles. The Bertz CT molecular complexity index is 462. The van der Waals surface area contributed by atoms with Gasteiger partial charge in [0.25, 0.3) is 0 Å². The van der Waals surface area contributed by atoms with Crippen molar-refractivity contribution < 1.29 is 14.3 Å². The normalized spacial score (nSPS) is 11.5. The summed E-state index contributed by atoms with van der Waals surface area (Å²) in [5.74, 6) is 0. The quantitative estimate of drug-likeness (QED) is 0.574. The molecule has 21 heavy (non-hydrogen) atoms. The monoisotopic (exact) mass is 294 g/mol. The molecule has 0 fully saturated rings. The van der Waals surface area contributed by atoms with E-state index < -0.39 is 6.03 Å². The molecule has 0 bridgehead atoms. The third-order valence-electron chi connectivity index (χ3n) is 2.84. The highest BCUT2D eigenvalue weighted by Crippen LogP contribution is 2.15. The van der Waals surface area contributed by atoms with Crippen molar-refractivity contribution >= 4 is 17.7 Å². The van der Waals surface area contributed by atoms with Crippen LogP contribution in [0.1, 0.15) is 24.9 Å². The van der Waals surface area contributed by atoms with Crippen LogP contribution < -0.4 is 21.7 Å². The lowest BCUT2D eigenvalue weighted by Crippen LogP contribution is -2.37. The lowest BCUT2D eigenvalue weighted by molar-refractivity contribution is 0.193. The van der Waals surface area contributed by atoms with Crippen LogP contribution in [0.5, 0.6) is 0 Å². The first-order valence-corrected chi connectivity index (χ1v) is 6.72. The zero-order chi connectivity index (χ0) is 15.7. The van der Waals surface area contributed by atoms with Gasteiger partial charge in [0.1, 0.15) is 0 Å². The summed E-state index contributed by atoms with van der Waals surface area (Å²) < 4.78 is 4.90. The van der Waals surface area contributed by atoms with Crippen LogP contribution in [0, 0.1) is 0 Å². The van der Waals surface area contributed by atoms with Crippen LogP contribution >= 0.6 is 0 Å². The molecule has 0 radical (unpaired) electrons. The van der Waals surface area contributed by atoms with Crippen LogP contribution in [0.15, 0.2) is 24.3 Å². The van der Waals surface area contributed by atoms with E-state index >= 15 is 0 Å². The van der Waals surface area contributed by atoms with Gasteiger partial charge < -0.3 is 26.4 Å². The van der Waals surface area contributed by atoms with Crippen LogP contribution in [0.25, 0.3) is 0 Å². The average molecular weight is 294 g/mol. The largest absolute Gasteiger partial charge is 0.385 e. The predicted octanol–water partition coefficient (Wildman–Crippen LogP) is 1.57. The van der Waals surface area contributed by atoms with Gasteiger partial charge in [-0.15, -0.1) is 0 Å². The molecule has 0 aliphatic heterocycles. The Kier molecular flexibility index (Phi) is 7.03. The van der Waals surface area contributed by atoms with E-state index in [1.54, 1.807) is 19.2 Å². The summed E-state index contributed by atoms with van der Waals surface area (Å²) in [6.07, 6.45) is 0.770. The van der Waals surface area contributed by atoms with E-state index in [9.17, 15) is 9.59 Å². The van der Waals surface area contributed by atoms with Crippen LogP contribution in [-0.2, 0) is 4.74 Å². The maximum atomic E-state index is 11.7. The summed E-state index contributed by atoms with van der Waals surface area (Å²) in [4.78, 5) is 22.4. The van der Waals surface area contributed by atoms with Gasteiger partial charge in [-0.05, 0) is 31.0 Å². The third kappa shape index (κ3) is 6.62. The number of benzene rings is 1. The second-order valence-electron chi connectivity index (χ2n) is 4.58. The summed E-state index contributed by atoms with van der Waals surface area (Å²) in [6.45, 7) is 3.06. The lowest BCUT2D eigenvalue weighted by Gasteiger charge is -2.15. The SMILES string of the molecule is COCCCNC(=O)N[C@H](C)c1ccc(NC(N)=O)cc1. The molecule has 0 unspecified atom stereocenters. The lowest BCUT2D eigenvalue weighted by atomic mass is 10.1. The first kappa shape index (κ1) is 16.8. The number of primary amides is 1. The molecule has 5 N–H and O–H groups in total. The summed E-state index contributed by atoms with van der Waals surface area (Å²) in [5, 5.41) is 8.06. The minimum atomic E-state index is -0.607. The number of urea groups is 2. The summed E-state index contributed by atoms with van der Waals surface area (Å²) in [6, 6.07) is 6.13. The van der Waals surface area contributed by atoms with Gasteiger partial charge in [0, 0.05) is 25.9 Å². The number of methoxy groups -OCH3 is 1. The van der Waals surface area contributed by atoms with Gasteiger partial charge in [-0.3, -0.25) is 0 Å². The topological polar surface area (TPSA) is 105 Å². The molecule has 7 heteroatoms. The summed E-state index contributed by atoms with van der Waals surface area (Å²) in [7, 11) is 1.62. The maximum Gasteiger partial charge on any atom is 0.316 e. The van der Waals surface area contributed by atoms with Gasteiger partial charge in [0.2, 0.25) is 0 Å². The molecule has 1 aromatic rings. The zero-order valence-corrected chi connectivity index (χ0v) is 12.3. The fourth-order valence-corrected chi connectivity index (χ4v) is 1.75. The van der Waals surface area contributed by atoms with Crippen molar-refractivity contribution in [2.45, 2.75) is 19.4 Å². The van der Waals surface area contributed by atoms with Crippen LogP contribution in [0.4, 0.5) is 15.3 Å². The molecule has 1 rings (SSSR count). The fourth-order valence-electron chi connectivity index (χ4n) is 1.75. The Balaban J connectivity index is 2.42. The first-order chi connectivity index (χ1) is 10.0. The molecule has 0 aliphatic carbocycles. The molecule has 7 nitrogen and oxygen atoms in total. The van der Waals surface area contributed by atoms with Crippen molar-refractivity contribution in [2.24, 2.45) is 5.73 Å². The van der Waals surface area contributed by atoms with Crippen molar-refractivity contribution in [2.75, 3.05) is 25.6 Å². The van der Waals surface area contributed by atoms with Gasteiger partial charge >= 0.3 is 12.1 Å². The van der Waals surface area contributed by atoms with E-state index in [0.29, 0.717) is 18.8 Å². The van der Waals surface area contributed by atoms with Crippen molar-refractivity contribution in [3.05, 3.63) is 29.8 Å². The number of anilines is 1. The minimum absolute atomic E-state index is 0.143. The Morgan fingerprint density at radius 1 is 1.29 bits per heavy atom. The maximum absolute atomic E-state index is 11.7. The molecular weight excluding hydrogens is 272 g/mol. The van der Waals surface area contributed by atoms with Gasteiger partial charge in [-0.25, -0.2) is 9.59 Å². The van der Waals surface area contributed by atoms with Gasteiger partial charge in [0.15, 0.2) is 0 Å². The highest BCUT2D eigenvalue weighted by Gasteiger charge is 2.09. The van der Waals surface area contributed by atoms with E-state index in [4.69, 9.17) is 10.5 Å². The molecule has 0 aliphatic rings. The Labute approximate surface area is 124 Å². The second-order valence-corrected chi connectivity index (χ2v) is 4.58. The summed E-state index contributed by atoms with van der Waals surface area (Å²) >= 11 is 0. The highest BCUT2D eigenvalue weighted by molar-refractivity contribution is 5.87.